The van der Waals surface area contributed by atoms with E-state index in [9.17, 15) is 5.11 Å². The van der Waals surface area contributed by atoms with E-state index in [-0.39, 0.29) is 28.9 Å². The highest BCUT2D eigenvalue weighted by Crippen LogP contribution is 2.42. The zero-order valence-corrected chi connectivity index (χ0v) is 15.1. The fourth-order valence-electron chi connectivity index (χ4n) is 3.02. The molecular weight excluding hydrogens is 359 g/mol. The number of halogens is 1. The van der Waals surface area contributed by atoms with Crippen LogP contribution in [0.1, 0.15) is 6.23 Å². The van der Waals surface area contributed by atoms with Gasteiger partial charge >= 0.3 is 0 Å². The number of ether oxygens (including phenoxy) is 1. The van der Waals surface area contributed by atoms with E-state index in [1.54, 1.807) is 6.82 Å². The predicted octanol–water partition coefficient (Wildman–Crippen LogP) is 0.0774. The topological polar surface area (TPSA) is 118 Å². The molecule has 9 nitrogen and oxygen atoms in total. The summed E-state index contributed by atoms with van der Waals surface area (Å²) in [6.45, 7) is 6.75. The third-order valence-corrected chi connectivity index (χ3v) is 4.44. The van der Waals surface area contributed by atoms with Crippen molar-refractivity contribution in [2.24, 2.45) is 0 Å². The van der Waals surface area contributed by atoms with Gasteiger partial charge in [0.2, 0.25) is 5.95 Å². The normalized spacial score (nSPS) is 29.5. The van der Waals surface area contributed by atoms with Crippen LogP contribution in [0, 0.1) is 0 Å². The number of nitrogens with two attached hydrogens (primary N) is 1. The van der Waals surface area contributed by atoms with E-state index < -0.39 is 38.9 Å². The fourth-order valence-corrected chi connectivity index (χ4v) is 3.24. The molecule has 2 aromatic rings. The highest BCUT2D eigenvalue weighted by molar-refractivity contribution is 6.33. The minimum atomic E-state index is -1.74. The smallest absolute Gasteiger partial charge is 0.272 e. The summed E-state index contributed by atoms with van der Waals surface area (Å²) in [6.07, 6.45) is -0.137. The molecule has 138 valence electrons. The number of anilines is 1. The molecule has 0 saturated carbocycles. The predicted molar refractivity (Wildman–Crippen MR) is 101 cm³/mol. The Morgan fingerprint density at radius 1 is 1.58 bits per heavy atom. The quantitative estimate of drug-likeness (QED) is 0.393. The first-order valence-electron chi connectivity index (χ1n) is 9.11. The van der Waals surface area contributed by atoms with Crippen molar-refractivity contribution in [3.8, 4) is 0 Å². The Labute approximate surface area is 159 Å². The van der Waals surface area contributed by atoms with Crippen LogP contribution in [-0.4, -0.2) is 66.6 Å². The van der Waals surface area contributed by atoms with Gasteiger partial charge in [0.15, 0.2) is 22.6 Å². The molecule has 3 heterocycles. The van der Waals surface area contributed by atoms with Crippen LogP contribution in [0.3, 0.4) is 0 Å². The van der Waals surface area contributed by atoms with Crippen LogP contribution >= 0.6 is 11.6 Å². The first-order chi connectivity index (χ1) is 13.2. The second-order valence-corrected chi connectivity index (χ2v) is 6.03. The first kappa shape index (κ1) is 16.5. The number of rotatable bonds is 7. The van der Waals surface area contributed by atoms with Crippen LogP contribution in [0.5, 0.6) is 0 Å². The van der Waals surface area contributed by atoms with Crippen LogP contribution < -0.4 is 5.73 Å². The molecule has 0 amide bonds. The number of aliphatic hydroxyl groups is 1. The number of hydrogen-bond acceptors (Lipinski definition) is 8. The Hall–Kier alpha value is -1.65. The molecule has 0 aliphatic carbocycles. The molecule has 3 N–H and O–H groups in total. The summed E-state index contributed by atoms with van der Waals surface area (Å²) in [5.74, 6) is -0.0603. The third kappa shape index (κ3) is 3.10. The Kier molecular flexibility index (Phi) is 4.79. The van der Waals surface area contributed by atoms with Gasteiger partial charge in [-0.1, -0.05) is 37.9 Å². The van der Waals surface area contributed by atoms with Gasteiger partial charge in [-0.15, -0.1) is 0 Å². The van der Waals surface area contributed by atoms with E-state index in [4.69, 9.17) is 34.1 Å². The van der Waals surface area contributed by atoms with Crippen molar-refractivity contribution in [3.63, 3.8) is 0 Å². The number of nitrogen functional groups attached to an aromatic ring is 1. The molecule has 0 unspecified atom stereocenters. The van der Waals surface area contributed by atoms with E-state index in [0.29, 0.717) is 0 Å². The summed E-state index contributed by atoms with van der Waals surface area (Å²) in [5, 5.41) is 11.4. The Morgan fingerprint density at radius 3 is 3.00 bits per heavy atom. The molecule has 4 atom stereocenters. The van der Waals surface area contributed by atoms with E-state index in [0.717, 1.165) is 0 Å². The molecule has 26 heavy (non-hydrogen) atoms. The zero-order valence-electron chi connectivity index (χ0n) is 16.4. The molecule has 1 aliphatic heterocycles. The average Bonchev–Trinajstić information content (AvgIpc) is 3.13. The maximum absolute atomic E-state index is 11.4. The molecule has 2 aromatic heterocycles. The van der Waals surface area contributed by atoms with E-state index in [2.05, 4.69) is 21.5 Å². The molecule has 0 radical (unpaired) electrons. The lowest BCUT2D eigenvalue weighted by Gasteiger charge is -2.31. The molecule has 0 aromatic carbocycles. The van der Waals surface area contributed by atoms with Crippen LogP contribution in [0.2, 0.25) is 18.8 Å². The van der Waals surface area contributed by atoms with Crippen LogP contribution in [0.4, 0.5) is 5.95 Å². The van der Waals surface area contributed by atoms with Gasteiger partial charge in [-0.2, -0.15) is 9.97 Å². The van der Waals surface area contributed by atoms with Crippen LogP contribution in [0.15, 0.2) is 19.0 Å². The largest absolute Gasteiger partial charge is 0.437 e. The molecule has 12 heteroatoms. The van der Waals surface area contributed by atoms with E-state index >= 15 is 0 Å². The zero-order chi connectivity index (χ0) is 20.6. The van der Waals surface area contributed by atoms with Crippen molar-refractivity contribution in [2.75, 3.05) is 12.3 Å². The summed E-state index contributed by atoms with van der Waals surface area (Å²) in [6, 6.07) is 0. The molecule has 0 bridgehead atoms. The Bertz CT molecular complexity index is 876. The van der Waals surface area contributed by atoms with Gasteiger partial charge in [0, 0.05) is 2.67 Å². The maximum Gasteiger partial charge on any atom is 0.272 e. The molecule has 3 rings (SSSR count). The standard InChI is InChI=1S/C14H20B2ClN5O4/c1-4-14(23)9(26-16-3)7(5-24-15-2)25-12(14)22-6-19-8-10(17)20-13(18)21-11(8)22/h4,6-7,9,12,15-16,23H,1,5H2,2-3H3,(H2,18,20,21)/t7-,9-,12-,14-/m1/s1/i15D,16D. The molecule has 1 fully saturated rings. The lowest BCUT2D eigenvalue weighted by atomic mass is 9.91. The number of fused-ring (bicyclic) bond motifs is 1. The summed E-state index contributed by atoms with van der Waals surface area (Å²) in [5.41, 5.74) is 4.50. The Morgan fingerprint density at radius 2 is 2.35 bits per heavy atom. The minimum Gasteiger partial charge on any atom is -0.437 e. The van der Waals surface area contributed by atoms with E-state index in [1.165, 1.54) is 23.8 Å². The number of hydrogen-bond donors (Lipinski definition) is 2. The van der Waals surface area contributed by atoms with Gasteiger partial charge in [-0.3, -0.25) is 4.57 Å². The van der Waals surface area contributed by atoms with Crippen LogP contribution in [-0.2, 0) is 14.0 Å². The lowest BCUT2D eigenvalue weighted by molar-refractivity contribution is -0.0747. The van der Waals surface area contributed by atoms with Gasteiger partial charge in [-0.05, 0) is 0 Å². The Balaban J connectivity index is 2.05. The monoisotopic (exact) mass is 381 g/mol. The summed E-state index contributed by atoms with van der Waals surface area (Å²) < 4.78 is 33.7. The lowest BCUT2D eigenvalue weighted by Crippen LogP contribution is -2.47. The molecule has 1 aliphatic rings. The van der Waals surface area contributed by atoms with Gasteiger partial charge in [0.1, 0.15) is 17.7 Å². The van der Waals surface area contributed by atoms with Crippen molar-refractivity contribution >= 4 is 43.6 Å². The van der Waals surface area contributed by atoms with E-state index in [1.807, 2.05) is 0 Å². The van der Waals surface area contributed by atoms with Gasteiger partial charge in [0.25, 0.3) is 14.9 Å². The maximum atomic E-state index is 11.4. The summed E-state index contributed by atoms with van der Waals surface area (Å²) in [7, 11) is -1.74. The van der Waals surface area contributed by atoms with Gasteiger partial charge in [0.05, 0.1) is 12.9 Å². The van der Waals surface area contributed by atoms with Crippen molar-refractivity contribution in [1.82, 2.24) is 19.5 Å². The fraction of sp³-hybridized carbons (Fsp3) is 0.500. The minimum absolute atomic E-state index is 0.0286. The molecule has 0 spiro atoms. The number of imidazole rings is 1. The average molecular weight is 381 g/mol. The number of aromatic nitrogens is 4. The van der Waals surface area contributed by atoms with Crippen molar-refractivity contribution in [3.05, 3.63) is 24.1 Å². The molecule has 1 saturated heterocycles. The van der Waals surface area contributed by atoms with Crippen LogP contribution in [0.25, 0.3) is 11.2 Å². The van der Waals surface area contributed by atoms with Crippen molar-refractivity contribution in [1.29, 1.82) is 2.67 Å². The summed E-state index contributed by atoms with van der Waals surface area (Å²) in [4.78, 5) is 12.2. The molecular formula is C14H20B2ClN5O4. The highest BCUT2D eigenvalue weighted by Gasteiger charge is 2.55. The third-order valence-electron chi connectivity index (χ3n) is 4.18. The summed E-state index contributed by atoms with van der Waals surface area (Å²) >= 11 is 6.08. The first-order valence-corrected chi connectivity index (χ1v) is 8.33. The SMILES string of the molecule is [2H]B(C)OC[C@H]1O[C@@H](n2cnc3c(Cl)nc(N)nc32)[C@@](O)(C=C)[C@@H]1OB([2H])C. The van der Waals surface area contributed by atoms with Gasteiger partial charge < -0.3 is 24.9 Å². The van der Waals surface area contributed by atoms with Crippen molar-refractivity contribution in [2.45, 2.75) is 37.7 Å². The highest BCUT2D eigenvalue weighted by atomic mass is 35.5. The van der Waals surface area contributed by atoms with Gasteiger partial charge in [-0.25, -0.2) is 4.98 Å². The number of nitrogens with zero attached hydrogens (tertiary/aromatic N) is 4. The van der Waals surface area contributed by atoms with Crippen molar-refractivity contribution < 1.29 is 19.2 Å². The second-order valence-electron chi connectivity index (χ2n) is 5.68. The second kappa shape index (κ2) is 7.53.